The highest BCUT2D eigenvalue weighted by Gasteiger charge is 2.30. The van der Waals surface area contributed by atoms with E-state index in [1.54, 1.807) is 0 Å². The van der Waals surface area contributed by atoms with Crippen LogP contribution in [0.4, 0.5) is 13.2 Å². The van der Waals surface area contributed by atoms with E-state index in [0.717, 1.165) is 12.1 Å². The zero-order chi connectivity index (χ0) is 10.6. The molecule has 0 aromatic heterocycles. The van der Waals surface area contributed by atoms with E-state index in [0.29, 0.717) is 5.56 Å². The summed E-state index contributed by atoms with van der Waals surface area (Å²) in [7, 11) is 0. The van der Waals surface area contributed by atoms with E-state index >= 15 is 0 Å². The summed E-state index contributed by atoms with van der Waals surface area (Å²) >= 11 is 0.111. The van der Waals surface area contributed by atoms with Crippen molar-refractivity contribution >= 4 is 16.6 Å². The minimum Gasteiger partial charge on any atom is -0.406 e. The van der Waals surface area contributed by atoms with Crippen molar-refractivity contribution in [1.82, 2.24) is 0 Å². The van der Waals surface area contributed by atoms with Crippen molar-refractivity contribution in [3.8, 4) is 5.75 Å². The molecule has 0 bridgehead atoms. The summed E-state index contributed by atoms with van der Waals surface area (Å²) in [6.45, 7) is 0. The number of halogens is 3. The maximum Gasteiger partial charge on any atom is 0.573 e. The molecule has 14 heavy (non-hydrogen) atoms. The first-order valence-corrected chi connectivity index (χ1v) is 4.16. The summed E-state index contributed by atoms with van der Waals surface area (Å²) in [4.78, 5) is 0. The normalized spacial score (nSPS) is 10.8. The molecule has 0 fully saturated rings. The number of alkyl halides is 3. The second-order valence-corrected chi connectivity index (χ2v) is 2.63. The molecule has 6 heteroatoms. The lowest BCUT2D eigenvalue weighted by Gasteiger charge is -2.07. The zero-order valence-electron chi connectivity index (χ0n) is 6.67. The van der Waals surface area contributed by atoms with E-state index in [1.807, 2.05) is 0 Å². The molecule has 75 valence electrons. The van der Waals surface area contributed by atoms with Gasteiger partial charge in [0.25, 0.3) is 0 Å². The molecule has 2 nitrogen and oxygen atoms in total. The molecule has 0 N–H and O–H groups in total. The Morgan fingerprint density at radius 1 is 1.21 bits per heavy atom. The van der Waals surface area contributed by atoms with Crippen LogP contribution < -0.4 is 4.74 Å². The van der Waals surface area contributed by atoms with Gasteiger partial charge in [0, 0.05) is 0 Å². The monoisotopic (exact) mass is 221 g/mol. The molecule has 0 aliphatic carbocycles. The van der Waals surface area contributed by atoms with Gasteiger partial charge in [0.15, 0.2) is 0 Å². The molecule has 0 aliphatic heterocycles. The third kappa shape index (κ3) is 3.61. The van der Waals surface area contributed by atoms with E-state index in [4.69, 9.17) is 0 Å². The molecule has 0 unspecified atom stereocenters. The number of benzene rings is 1. The molecule has 1 aromatic rings. The highest BCUT2D eigenvalue weighted by atomic mass is 32.1. The van der Waals surface area contributed by atoms with Gasteiger partial charge in [0.1, 0.15) is 5.75 Å². The summed E-state index contributed by atoms with van der Waals surface area (Å²) in [5, 5.41) is 2.32. The smallest absolute Gasteiger partial charge is 0.406 e. The minimum atomic E-state index is -4.69. The Labute approximate surface area is 81.4 Å². The van der Waals surface area contributed by atoms with E-state index in [2.05, 4.69) is 10.1 Å². The number of hydrogen-bond acceptors (Lipinski definition) is 2. The molecule has 0 amide bonds. The Hall–Kier alpha value is -1.30. The van der Waals surface area contributed by atoms with Crippen molar-refractivity contribution < 1.29 is 22.1 Å². The van der Waals surface area contributed by atoms with Gasteiger partial charge in [0.05, 0.1) is 16.6 Å². The summed E-state index contributed by atoms with van der Waals surface area (Å²) < 4.78 is 48.7. The van der Waals surface area contributed by atoms with Crippen LogP contribution in [0.15, 0.2) is 24.3 Å². The van der Waals surface area contributed by atoms with Gasteiger partial charge in [-0.2, -0.15) is 0 Å². The second-order valence-electron chi connectivity index (χ2n) is 2.26. The molecule has 1 aromatic carbocycles. The topological polar surface area (TPSA) is 26.3 Å². The van der Waals surface area contributed by atoms with Gasteiger partial charge in [-0.25, -0.2) is 4.21 Å². The number of rotatable bonds is 2. The summed E-state index contributed by atoms with van der Waals surface area (Å²) in [6.07, 6.45) is -4.69. The van der Waals surface area contributed by atoms with Crippen LogP contribution in [-0.4, -0.2) is 15.9 Å². The van der Waals surface area contributed by atoms with Crippen molar-refractivity contribution in [2.45, 2.75) is 6.36 Å². The zero-order valence-corrected chi connectivity index (χ0v) is 7.48. The van der Waals surface area contributed by atoms with Gasteiger partial charge in [-0.1, -0.05) is 0 Å². The average molecular weight is 221 g/mol. The lowest BCUT2D eigenvalue weighted by Crippen LogP contribution is -2.16. The molecule has 1 radical (unpaired) electrons. The van der Waals surface area contributed by atoms with Crippen LogP contribution in [0.1, 0.15) is 5.56 Å². The largest absolute Gasteiger partial charge is 0.573 e. The Bertz CT molecular complexity index is 352. The molecular weight excluding hydrogens is 217 g/mol. The predicted octanol–water partition coefficient (Wildman–Crippen LogP) is 1.83. The van der Waals surface area contributed by atoms with Crippen LogP contribution >= 0.6 is 0 Å². The maximum atomic E-state index is 11.7. The molecule has 0 saturated carbocycles. The van der Waals surface area contributed by atoms with Gasteiger partial charge in [0.2, 0.25) is 0 Å². The van der Waals surface area contributed by atoms with Crippen LogP contribution in [-0.2, 0) is 11.3 Å². The first kappa shape index (κ1) is 10.8. The van der Waals surface area contributed by atoms with E-state index < -0.39 is 6.36 Å². The quantitative estimate of drug-likeness (QED) is 0.712. The Balaban J connectivity index is 2.78. The highest BCUT2D eigenvalue weighted by Crippen LogP contribution is 2.22. The van der Waals surface area contributed by atoms with Crippen LogP contribution in [0.5, 0.6) is 5.75 Å². The molecule has 0 saturated heterocycles. The van der Waals surface area contributed by atoms with E-state index in [-0.39, 0.29) is 17.0 Å². The van der Waals surface area contributed by atoms with Crippen molar-refractivity contribution in [2.24, 2.45) is 0 Å². The number of hydrogen-bond donors (Lipinski definition) is 0. The van der Waals surface area contributed by atoms with Gasteiger partial charge < -0.3 is 4.74 Å². The van der Waals surface area contributed by atoms with Crippen LogP contribution in [0, 0.1) is 0 Å². The second kappa shape index (κ2) is 4.28. The van der Waals surface area contributed by atoms with Crippen molar-refractivity contribution in [2.75, 3.05) is 0 Å². The van der Waals surface area contributed by atoms with Gasteiger partial charge >= 0.3 is 6.36 Å². The van der Waals surface area contributed by atoms with Crippen LogP contribution in [0.2, 0.25) is 0 Å². The average Bonchev–Trinajstić information content (AvgIpc) is 2.06. The molecule has 0 heterocycles. The lowest BCUT2D eigenvalue weighted by molar-refractivity contribution is -0.274. The van der Waals surface area contributed by atoms with Gasteiger partial charge in [-0.3, -0.25) is 0 Å². The third-order valence-electron chi connectivity index (χ3n) is 1.25. The van der Waals surface area contributed by atoms with Crippen molar-refractivity contribution in [3.05, 3.63) is 29.8 Å². The molecular formula is C8H4F3O2S. The SMILES string of the molecule is O=S=[C]c1ccc(OC(F)(F)F)cc1. The third-order valence-corrected chi connectivity index (χ3v) is 1.57. The predicted molar refractivity (Wildman–Crippen MR) is 45.4 cm³/mol. The Kier molecular flexibility index (Phi) is 3.29. The van der Waals surface area contributed by atoms with Crippen molar-refractivity contribution in [3.63, 3.8) is 0 Å². The fraction of sp³-hybridized carbons (Fsp3) is 0.125. The summed E-state index contributed by atoms with van der Waals surface area (Å²) in [6, 6.07) is 4.86. The first-order valence-electron chi connectivity index (χ1n) is 3.42. The standard InChI is InChI=1S/C8H4F3O2S/c9-8(10,11)13-7-3-1-6(2-4-7)5-14-12/h1-4H. The maximum absolute atomic E-state index is 11.7. The fourth-order valence-corrected chi connectivity index (χ4v) is 1.01. The molecule has 0 spiro atoms. The Morgan fingerprint density at radius 2 is 1.79 bits per heavy atom. The van der Waals surface area contributed by atoms with Crippen molar-refractivity contribution in [1.29, 1.82) is 0 Å². The minimum absolute atomic E-state index is 0.111. The number of ether oxygens (including phenoxy) is 1. The highest BCUT2D eigenvalue weighted by molar-refractivity contribution is 7.65. The molecule has 0 atom stereocenters. The summed E-state index contributed by atoms with van der Waals surface area (Å²) in [5.41, 5.74) is 0.416. The summed E-state index contributed by atoms with van der Waals surface area (Å²) in [5.74, 6) is -0.320. The van der Waals surface area contributed by atoms with Crippen LogP contribution in [0.25, 0.3) is 0 Å². The first-order chi connectivity index (χ1) is 6.51. The van der Waals surface area contributed by atoms with Crippen LogP contribution in [0.3, 0.4) is 0 Å². The fourth-order valence-electron chi connectivity index (χ4n) is 0.773. The van der Waals surface area contributed by atoms with E-state index in [9.17, 15) is 17.4 Å². The van der Waals surface area contributed by atoms with E-state index in [1.165, 1.54) is 12.1 Å². The molecule has 1 rings (SSSR count). The van der Waals surface area contributed by atoms with Gasteiger partial charge in [-0.05, 0) is 29.8 Å². The lowest BCUT2D eigenvalue weighted by atomic mass is 10.2. The Morgan fingerprint density at radius 3 is 2.21 bits per heavy atom. The van der Waals surface area contributed by atoms with Gasteiger partial charge in [-0.15, -0.1) is 13.2 Å². The molecule has 0 aliphatic rings.